The third-order valence-corrected chi connectivity index (χ3v) is 8.27. The van der Waals surface area contributed by atoms with Crippen LogP contribution in [0.2, 0.25) is 0 Å². The average molecular weight is 576 g/mol. The zero-order valence-corrected chi connectivity index (χ0v) is 24.7. The summed E-state index contributed by atoms with van der Waals surface area (Å²) in [5.41, 5.74) is 10.2. The molecule has 0 aromatic heterocycles. The molecule has 0 bridgehead atoms. The summed E-state index contributed by atoms with van der Waals surface area (Å²) in [4.78, 5) is 16.8. The molecule has 42 heavy (non-hydrogen) atoms. The molecule has 4 rings (SSSR count). The quantitative estimate of drug-likeness (QED) is 0.238. The Morgan fingerprint density at radius 1 is 0.929 bits per heavy atom. The van der Waals surface area contributed by atoms with E-state index in [1.165, 1.54) is 48.1 Å². The number of rotatable bonds is 17. The van der Waals surface area contributed by atoms with Gasteiger partial charge in [0.2, 0.25) is 5.91 Å². The van der Waals surface area contributed by atoms with Crippen LogP contribution in [0, 0.1) is 11.7 Å². The minimum absolute atomic E-state index is 0.154. The van der Waals surface area contributed by atoms with Crippen molar-refractivity contribution in [1.29, 1.82) is 0 Å². The number of benzene rings is 3. The third-order valence-electron chi connectivity index (χ3n) is 8.27. The molecular weight excluding hydrogens is 529 g/mol. The van der Waals surface area contributed by atoms with Crippen molar-refractivity contribution in [3.63, 3.8) is 0 Å². The van der Waals surface area contributed by atoms with Crippen LogP contribution in [-0.4, -0.2) is 66.2 Å². The molecule has 3 N–H and O–H groups in total. The van der Waals surface area contributed by atoms with Gasteiger partial charge in [0.15, 0.2) is 0 Å². The van der Waals surface area contributed by atoms with Crippen molar-refractivity contribution < 1.29 is 19.0 Å². The molecule has 1 aliphatic rings. The van der Waals surface area contributed by atoms with E-state index in [0.29, 0.717) is 13.0 Å². The number of ether oxygens (including phenoxy) is 1. The number of carbonyl (C=O) groups excluding carboxylic acids is 1. The first-order valence-corrected chi connectivity index (χ1v) is 15.3. The summed E-state index contributed by atoms with van der Waals surface area (Å²) in [5, 5.41) is 9.65. The molecule has 1 saturated heterocycles. The number of aryl methyl sites for hydroxylation is 1. The van der Waals surface area contributed by atoms with E-state index < -0.39 is 12.0 Å². The summed E-state index contributed by atoms with van der Waals surface area (Å²) in [6.07, 6.45) is 5.13. The summed E-state index contributed by atoms with van der Waals surface area (Å²) >= 11 is 0. The first-order valence-electron chi connectivity index (χ1n) is 15.3. The van der Waals surface area contributed by atoms with Gasteiger partial charge in [-0.1, -0.05) is 66.7 Å². The predicted molar refractivity (Wildman–Crippen MR) is 165 cm³/mol. The summed E-state index contributed by atoms with van der Waals surface area (Å²) in [7, 11) is 0. The number of carbonyl (C=O) groups is 1. The number of nitrogens with two attached hydrogens (primary N) is 1. The Bertz CT molecular complexity index is 1180. The van der Waals surface area contributed by atoms with E-state index >= 15 is 0 Å². The van der Waals surface area contributed by atoms with Crippen LogP contribution in [0.5, 0.6) is 0 Å². The molecule has 1 atom stereocenters. The summed E-state index contributed by atoms with van der Waals surface area (Å²) in [5.74, 6) is -0.0119. The monoisotopic (exact) mass is 575 g/mol. The highest BCUT2D eigenvalue weighted by Gasteiger charge is 2.20. The predicted octanol–water partition coefficient (Wildman–Crippen LogP) is 4.97. The van der Waals surface area contributed by atoms with Crippen molar-refractivity contribution >= 4 is 5.91 Å². The zero-order valence-electron chi connectivity index (χ0n) is 24.7. The number of hydrogen-bond donors (Lipinski definition) is 2. The van der Waals surface area contributed by atoms with Crippen LogP contribution < -0.4 is 5.73 Å². The summed E-state index contributed by atoms with van der Waals surface area (Å²) < 4.78 is 18.8. The number of hydrogen-bond acceptors (Lipinski definition) is 5. The van der Waals surface area contributed by atoms with Gasteiger partial charge in [-0.3, -0.25) is 9.69 Å². The lowest BCUT2D eigenvalue weighted by Crippen LogP contribution is -2.40. The Hall–Kier alpha value is -3.10. The van der Waals surface area contributed by atoms with Crippen molar-refractivity contribution in [3.8, 4) is 0 Å². The molecule has 6 nitrogen and oxygen atoms in total. The normalized spacial score (nSPS) is 15.2. The number of likely N-dealkylation sites (tertiary alicyclic amines) is 1. The van der Waals surface area contributed by atoms with Gasteiger partial charge in [-0.25, -0.2) is 4.39 Å². The third kappa shape index (κ3) is 11.0. The fraction of sp³-hybridized carbons (Fsp3) is 0.457. The minimum Gasteiger partial charge on any atom is -0.395 e. The fourth-order valence-corrected chi connectivity index (χ4v) is 5.70. The second-order valence-corrected chi connectivity index (χ2v) is 11.5. The number of amides is 1. The maximum absolute atomic E-state index is 13.1. The highest BCUT2D eigenvalue weighted by molar-refractivity contribution is 5.78. The molecule has 7 heteroatoms. The Balaban J connectivity index is 1.16. The fourth-order valence-electron chi connectivity index (χ4n) is 5.70. The van der Waals surface area contributed by atoms with E-state index in [1.807, 2.05) is 0 Å². The second-order valence-electron chi connectivity index (χ2n) is 11.5. The van der Waals surface area contributed by atoms with E-state index in [2.05, 4.69) is 64.4 Å². The Morgan fingerprint density at radius 3 is 2.26 bits per heavy atom. The van der Waals surface area contributed by atoms with Gasteiger partial charge in [-0.15, -0.1) is 0 Å². The molecule has 0 aliphatic carbocycles. The number of halogens is 1. The van der Waals surface area contributed by atoms with E-state index in [0.717, 1.165) is 57.0 Å². The molecule has 3 aromatic rings. The molecule has 1 fully saturated rings. The van der Waals surface area contributed by atoms with Crippen molar-refractivity contribution in [1.82, 2.24) is 9.80 Å². The van der Waals surface area contributed by atoms with Crippen LogP contribution in [0.1, 0.15) is 47.9 Å². The van der Waals surface area contributed by atoms with Crippen molar-refractivity contribution in [2.45, 2.75) is 57.8 Å². The molecule has 1 unspecified atom stereocenters. The zero-order chi connectivity index (χ0) is 29.6. The van der Waals surface area contributed by atoms with Crippen molar-refractivity contribution in [2.75, 3.05) is 39.3 Å². The summed E-state index contributed by atoms with van der Waals surface area (Å²) in [6.45, 7) is 6.12. The second kappa shape index (κ2) is 17.1. The van der Waals surface area contributed by atoms with E-state index in [9.17, 15) is 14.3 Å². The van der Waals surface area contributed by atoms with E-state index in [-0.39, 0.29) is 19.0 Å². The van der Waals surface area contributed by atoms with Crippen LogP contribution in [0.15, 0.2) is 78.9 Å². The minimum atomic E-state index is -0.670. The first-order chi connectivity index (χ1) is 20.5. The van der Waals surface area contributed by atoms with Gasteiger partial charge in [-0.2, -0.15) is 0 Å². The maximum Gasteiger partial charge on any atom is 0.246 e. The number of nitrogens with zero attached hydrogens (tertiary/aromatic N) is 2. The van der Waals surface area contributed by atoms with Gasteiger partial charge in [0.05, 0.1) is 13.2 Å². The average Bonchev–Trinajstić information content (AvgIpc) is 3.00. The van der Waals surface area contributed by atoms with Crippen LogP contribution in [0.3, 0.4) is 0 Å². The van der Waals surface area contributed by atoms with Crippen LogP contribution >= 0.6 is 0 Å². The summed E-state index contributed by atoms with van der Waals surface area (Å²) in [6, 6.07) is 25.5. The van der Waals surface area contributed by atoms with E-state index in [1.54, 1.807) is 12.1 Å². The van der Waals surface area contributed by atoms with Crippen molar-refractivity contribution in [3.05, 3.63) is 107 Å². The van der Waals surface area contributed by atoms with E-state index in [4.69, 9.17) is 10.5 Å². The number of aliphatic hydroxyl groups excluding tert-OH is 1. The van der Waals surface area contributed by atoms with Crippen LogP contribution in [0.4, 0.5) is 4.39 Å². The lowest BCUT2D eigenvalue weighted by Gasteiger charge is -2.33. The van der Waals surface area contributed by atoms with Gasteiger partial charge in [-0.05, 0) is 91.9 Å². The maximum atomic E-state index is 13.1. The molecule has 1 amide bonds. The highest BCUT2D eigenvalue weighted by Crippen LogP contribution is 2.22. The Labute approximate surface area is 250 Å². The smallest absolute Gasteiger partial charge is 0.246 e. The molecule has 226 valence electrons. The Kier molecular flexibility index (Phi) is 13.0. The number of aliphatic hydroxyl groups is 1. The van der Waals surface area contributed by atoms with Gasteiger partial charge < -0.3 is 20.5 Å². The molecule has 0 spiro atoms. The van der Waals surface area contributed by atoms with Gasteiger partial charge in [0.1, 0.15) is 11.9 Å². The topological polar surface area (TPSA) is 79.0 Å². The molecule has 1 heterocycles. The molecule has 3 aromatic carbocycles. The molecule has 0 radical (unpaired) electrons. The SMILES string of the molecule is NC(=O)C(CCCc1ccc(CN(CCO)CCN2CCC(Cc3ccccc3)CC2)cc1)OCc1ccc(F)cc1. The lowest BCUT2D eigenvalue weighted by atomic mass is 9.90. The number of primary amides is 1. The highest BCUT2D eigenvalue weighted by atomic mass is 19.1. The molecular formula is C35H46FN3O3. The molecule has 0 saturated carbocycles. The van der Waals surface area contributed by atoms with Crippen molar-refractivity contribution in [2.24, 2.45) is 11.7 Å². The largest absolute Gasteiger partial charge is 0.395 e. The standard InChI is InChI=1S/C35H46FN3O3/c36-33-15-13-32(14-16-33)27-42-34(35(37)41)8-4-7-28-9-11-31(12-10-28)26-39(23-24-40)22-21-38-19-17-30(18-20-38)25-29-5-2-1-3-6-29/h1-3,5-6,9-16,30,34,40H,4,7-8,17-27H2,(H2,37,41). The van der Waals surface area contributed by atoms with Crippen LogP contribution in [-0.2, 0) is 35.5 Å². The van der Waals surface area contributed by atoms with Gasteiger partial charge >= 0.3 is 0 Å². The first kappa shape index (κ1) is 31.8. The van der Waals surface area contributed by atoms with Gasteiger partial charge in [0.25, 0.3) is 0 Å². The Morgan fingerprint density at radius 2 is 1.60 bits per heavy atom. The number of piperidine rings is 1. The molecule has 1 aliphatic heterocycles. The van der Waals surface area contributed by atoms with Crippen LogP contribution in [0.25, 0.3) is 0 Å². The lowest BCUT2D eigenvalue weighted by molar-refractivity contribution is -0.130. The van der Waals surface area contributed by atoms with Gasteiger partial charge in [0, 0.05) is 26.2 Å².